The molecule has 1 aromatic carbocycles. The zero-order valence-corrected chi connectivity index (χ0v) is 12.5. The Kier molecular flexibility index (Phi) is 7.67. The van der Waals surface area contributed by atoms with E-state index in [1.807, 2.05) is 0 Å². The van der Waals surface area contributed by atoms with Crippen LogP contribution in [0.5, 0.6) is 0 Å². The fraction of sp³-hybridized carbons (Fsp3) is 0.500. The molecule has 0 saturated carbocycles. The molecule has 0 saturated heterocycles. The van der Waals surface area contributed by atoms with E-state index in [0.717, 1.165) is 35.7 Å². The molecule has 106 valence electrons. The molecular weight excluding hydrogens is 311 g/mol. The van der Waals surface area contributed by atoms with E-state index in [2.05, 4.69) is 21.2 Å². The lowest BCUT2D eigenvalue weighted by Crippen LogP contribution is -2.22. The average Bonchev–Trinajstić information content (AvgIpc) is 2.39. The molecule has 0 aromatic heterocycles. The van der Waals surface area contributed by atoms with E-state index in [1.54, 1.807) is 6.07 Å². The SMILES string of the molecule is NCCCCCCC(=O)NCc1cc(F)ccc1Br. The molecule has 19 heavy (non-hydrogen) atoms. The van der Waals surface area contributed by atoms with Gasteiger partial charge in [0.25, 0.3) is 0 Å². The zero-order chi connectivity index (χ0) is 14.1. The number of carbonyl (C=O) groups is 1. The Morgan fingerprint density at radius 1 is 1.26 bits per heavy atom. The van der Waals surface area contributed by atoms with Gasteiger partial charge >= 0.3 is 0 Å². The molecule has 0 unspecified atom stereocenters. The summed E-state index contributed by atoms with van der Waals surface area (Å²) < 4.78 is 13.9. The monoisotopic (exact) mass is 330 g/mol. The molecule has 0 radical (unpaired) electrons. The molecule has 0 aliphatic rings. The summed E-state index contributed by atoms with van der Waals surface area (Å²) >= 11 is 3.33. The van der Waals surface area contributed by atoms with E-state index < -0.39 is 0 Å². The van der Waals surface area contributed by atoms with Gasteiger partial charge in [0.15, 0.2) is 0 Å². The highest BCUT2D eigenvalue weighted by atomic mass is 79.9. The number of rotatable bonds is 8. The lowest BCUT2D eigenvalue weighted by Gasteiger charge is -2.07. The Bertz CT molecular complexity index is 412. The van der Waals surface area contributed by atoms with Gasteiger partial charge in [-0.1, -0.05) is 28.8 Å². The molecule has 0 spiro atoms. The largest absolute Gasteiger partial charge is 0.352 e. The van der Waals surface area contributed by atoms with Crippen LogP contribution in [0.2, 0.25) is 0 Å². The number of amides is 1. The highest BCUT2D eigenvalue weighted by Gasteiger charge is 2.05. The number of nitrogens with one attached hydrogen (secondary N) is 1. The van der Waals surface area contributed by atoms with E-state index in [9.17, 15) is 9.18 Å². The summed E-state index contributed by atoms with van der Waals surface area (Å²) in [6.07, 6.45) is 4.49. The predicted molar refractivity (Wildman–Crippen MR) is 78.1 cm³/mol. The topological polar surface area (TPSA) is 55.1 Å². The molecular formula is C14H20BrFN2O. The van der Waals surface area contributed by atoms with Crippen LogP contribution in [0.4, 0.5) is 4.39 Å². The Morgan fingerprint density at radius 3 is 2.74 bits per heavy atom. The molecule has 0 bridgehead atoms. The van der Waals surface area contributed by atoms with Gasteiger partial charge in [0.1, 0.15) is 5.82 Å². The van der Waals surface area contributed by atoms with Crippen molar-refractivity contribution in [2.75, 3.05) is 6.54 Å². The van der Waals surface area contributed by atoms with Crippen molar-refractivity contribution in [2.24, 2.45) is 5.73 Å². The number of hydrogen-bond acceptors (Lipinski definition) is 2. The molecule has 3 nitrogen and oxygen atoms in total. The van der Waals surface area contributed by atoms with Gasteiger partial charge in [-0.2, -0.15) is 0 Å². The third-order valence-corrected chi connectivity index (χ3v) is 3.62. The number of unbranched alkanes of at least 4 members (excludes halogenated alkanes) is 3. The summed E-state index contributed by atoms with van der Waals surface area (Å²) in [6, 6.07) is 4.45. The van der Waals surface area contributed by atoms with Crippen molar-refractivity contribution in [3.63, 3.8) is 0 Å². The van der Waals surface area contributed by atoms with Gasteiger partial charge in [0, 0.05) is 17.4 Å². The summed E-state index contributed by atoms with van der Waals surface area (Å²) in [4.78, 5) is 11.6. The van der Waals surface area contributed by atoms with E-state index in [0.29, 0.717) is 19.5 Å². The van der Waals surface area contributed by atoms with Gasteiger partial charge in [-0.15, -0.1) is 0 Å². The minimum absolute atomic E-state index is 0.00362. The van der Waals surface area contributed by atoms with Gasteiger partial charge in [0.2, 0.25) is 5.91 Å². The summed E-state index contributed by atoms with van der Waals surface area (Å²) in [7, 11) is 0. The van der Waals surface area contributed by atoms with E-state index in [1.165, 1.54) is 12.1 Å². The quantitative estimate of drug-likeness (QED) is 0.719. The normalized spacial score (nSPS) is 10.5. The van der Waals surface area contributed by atoms with Crippen molar-refractivity contribution in [2.45, 2.75) is 38.6 Å². The van der Waals surface area contributed by atoms with Gasteiger partial charge < -0.3 is 11.1 Å². The summed E-state index contributed by atoms with van der Waals surface area (Å²) in [5.41, 5.74) is 6.14. The molecule has 1 rings (SSSR count). The lowest BCUT2D eigenvalue weighted by molar-refractivity contribution is -0.121. The second kappa shape index (κ2) is 9.04. The van der Waals surface area contributed by atoms with Crippen molar-refractivity contribution >= 4 is 21.8 Å². The number of nitrogens with two attached hydrogens (primary N) is 1. The maximum atomic E-state index is 13.0. The van der Waals surface area contributed by atoms with Gasteiger partial charge in [0.05, 0.1) is 0 Å². The van der Waals surface area contributed by atoms with Crippen LogP contribution in [0.3, 0.4) is 0 Å². The highest BCUT2D eigenvalue weighted by molar-refractivity contribution is 9.10. The molecule has 0 heterocycles. The third kappa shape index (κ3) is 6.68. The second-order valence-corrected chi connectivity index (χ2v) is 5.32. The maximum absolute atomic E-state index is 13.0. The smallest absolute Gasteiger partial charge is 0.220 e. The minimum atomic E-state index is -0.297. The lowest BCUT2D eigenvalue weighted by atomic mass is 10.1. The third-order valence-electron chi connectivity index (χ3n) is 2.84. The van der Waals surface area contributed by atoms with Crippen LogP contribution < -0.4 is 11.1 Å². The molecule has 0 aliphatic heterocycles. The number of carbonyl (C=O) groups excluding carboxylic acids is 1. The fourth-order valence-corrected chi connectivity index (χ4v) is 2.13. The van der Waals surface area contributed by atoms with Crippen LogP contribution in [0, 0.1) is 5.82 Å². The first-order chi connectivity index (χ1) is 9.13. The molecule has 0 aliphatic carbocycles. The Hall–Kier alpha value is -0.940. The van der Waals surface area contributed by atoms with Gasteiger partial charge in [-0.05, 0) is 43.1 Å². The summed E-state index contributed by atoms with van der Waals surface area (Å²) in [5.74, 6) is -0.293. The standard InChI is InChI=1S/C14H20BrFN2O/c15-13-7-6-12(16)9-11(13)10-18-14(19)5-3-1-2-4-8-17/h6-7,9H,1-5,8,10,17H2,(H,18,19). The summed E-state index contributed by atoms with van der Waals surface area (Å²) in [6.45, 7) is 1.06. The second-order valence-electron chi connectivity index (χ2n) is 4.47. The molecule has 0 fully saturated rings. The van der Waals surface area contributed by atoms with Crippen molar-refractivity contribution < 1.29 is 9.18 Å². The van der Waals surface area contributed by atoms with Gasteiger partial charge in [-0.3, -0.25) is 4.79 Å². The first-order valence-corrected chi connectivity index (χ1v) is 7.33. The van der Waals surface area contributed by atoms with Crippen molar-refractivity contribution in [3.05, 3.63) is 34.1 Å². The van der Waals surface area contributed by atoms with Crippen LogP contribution in [0.15, 0.2) is 22.7 Å². The van der Waals surface area contributed by atoms with E-state index in [-0.39, 0.29) is 11.7 Å². The van der Waals surface area contributed by atoms with Crippen molar-refractivity contribution in [3.8, 4) is 0 Å². The average molecular weight is 331 g/mol. The molecule has 1 aromatic rings. The number of hydrogen-bond donors (Lipinski definition) is 2. The van der Waals surface area contributed by atoms with Crippen molar-refractivity contribution in [1.82, 2.24) is 5.32 Å². The van der Waals surface area contributed by atoms with E-state index >= 15 is 0 Å². The zero-order valence-electron chi connectivity index (χ0n) is 10.9. The van der Waals surface area contributed by atoms with Crippen LogP contribution in [-0.4, -0.2) is 12.5 Å². The minimum Gasteiger partial charge on any atom is -0.352 e. The molecule has 3 N–H and O–H groups in total. The maximum Gasteiger partial charge on any atom is 0.220 e. The van der Waals surface area contributed by atoms with E-state index in [4.69, 9.17) is 5.73 Å². The van der Waals surface area contributed by atoms with Crippen LogP contribution >= 0.6 is 15.9 Å². The molecule has 0 atom stereocenters. The first kappa shape index (κ1) is 16.1. The number of benzene rings is 1. The highest BCUT2D eigenvalue weighted by Crippen LogP contribution is 2.17. The number of halogens is 2. The predicted octanol–water partition coefficient (Wildman–Crippen LogP) is 3.11. The van der Waals surface area contributed by atoms with Gasteiger partial charge in [-0.25, -0.2) is 4.39 Å². The van der Waals surface area contributed by atoms with Crippen LogP contribution in [0.1, 0.15) is 37.7 Å². The first-order valence-electron chi connectivity index (χ1n) is 6.54. The molecule has 1 amide bonds. The summed E-state index contributed by atoms with van der Waals surface area (Å²) in [5, 5.41) is 2.80. The Balaban J connectivity index is 2.24. The Labute approximate surface area is 121 Å². The van der Waals surface area contributed by atoms with Crippen LogP contribution in [0.25, 0.3) is 0 Å². The molecule has 5 heteroatoms. The van der Waals surface area contributed by atoms with Crippen LogP contribution in [-0.2, 0) is 11.3 Å². The Morgan fingerprint density at radius 2 is 2.00 bits per heavy atom. The van der Waals surface area contributed by atoms with Crippen molar-refractivity contribution in [1.29, 1.82) is 0 Å². The fourth-order valence-electron chi connectivity index (χ4n) is 1.74.